The van der Waals surface area contributed by atoms with Crippen LogP contribution in [0.15, 0.2) is 42.5 Å². The Labute approximate surface area is 129 Å². The molecule has 0 aliphatic carbocycles. The molecule has 0 aliphatic rings. The highest BCUT2D eigenvalue weighted by Gasteiger charge is 2.10. The van der Waals surface area contributed by atoms with Crippen LogP contribution in [0.4, 0.5) is 0 Å². The second-order valence-electron chi connectivity index (χ2n) is 4.46. The minimum atomic E-state index is -0.672. The molecule has 0 aliphatic heterocycles. The van der Waals surface area contributed by atoms with Crippen molar-refractivity contribution in [2.45, 2.75) is 19.9 Å². The lowest BCUT2D eigenvalue weighted by molar-refractivity contribution is -0.140. The smallest absolute Gasteiger partial charge is 0.331 e. The Morgan fingerprint density at radius 3 is 2.27 bits per heavy atom. The van der Waals surface area contributed by atoms with Crippen molar-refractivity contribution < 1.29 is 23.9 Å². The Bertz CT molecular complexity index is 539. The van der Waals surface area contributed by atoms with Crippen LogP contribution in [0, 0.1) is 0 Å². The average molecular weight is 305 g/mol. The largest absolute Gasteiger partial charge is 0.463 e. The first-order valence-corrected chi connectivity index (χ1v) is 6.90. The van der Waals surface area contributed by atoms with E-state index >= 15 is 0 Å². The third kappa shape index (κ3) is 6.69. The van der Waals surface area contributed by atoms with E-state index in [9.17, 15) is 14.4 Å². The fourth-order valence-electron chi connectivity index (χ4n) is 1.52. The second kappa shape index (κ2) is 9.33. The van der Waals surface area contributed by atoms with Gasteiger partial charge in [0.1, 0.15) is 6.61 Å². The van der Waals surface area contributed by atoms with Crippen molar-refractivity contribution in [2.24, 2.45) is 0 Å². The highest BCUT2D eigenvalue weighted by Crippen LogP contribution is 1.99. The third-order valence-electron chi connectivity index (χ3n) is 2.53. The molecule has 0 radical (unpaired) electrons. The topological polar surface area (TPSA) is 81.7 Å². The number of hydrogen-bond donors (Lipinski definition) is 1. The molecule has 118 valence electrons. The van der Waals surface area contributed by atoms with E-state index in [1.54, 1.807) is 38.1 Å². The van der Waals surface area contributed by atoms with Gasteiger partial charge >= 0.3 is 11.9 Å². The molecular weight excluding hydrogens is 286 g/mol. The molecule has 22 heavy (non-hydrogen) atoms. The van der Waals surface area contributed by atoms with Crippen molar-refractivity contribution in [3.63, 3.8) is 0 Å². The van der Waals surface area contributed by atoms with E-state index in [2.05, 4.69) is 10.1 Å². The lowest BCUT2D eigenvalue weighted by Gasteiger charge is -2.13. The van der Waals surface area contributed by atoms with E-state index < -0.39 is 11.9 Å². The number of nitrogens with one attached hydrogen (secondary N) is 1. The van der Waals surface area contributed by atoms with Crippen molar-refractivity contribution in [3.05, 3.63) is 48.0 Å². The van der Waals surface area contributed by atoms with Crippen LogP contribution in [0.5, 0.6) is 0 Å². The minimum Gasteiger partial charge on any atom is -0.463 e. The van der Waals surface area contributed by atoms with Crippen molar-refractivity contribution in [1.82, 2.24) is 5.32 Å². The summed E-state index contributed by atoms with van der Waals surface area (Å²) < 4.78 is 9.55. The average Bonchev–Trinajstić information content (AvgIpc) is 2.52. The molecule has 0 saturated heterocycles. The summed E-state index contributed by atoms with van der Waals surface area (Å²) in [6.45, 7) is 3.62. The Kier molecular flexibility index (Phi) is 7.39. The zero-order valence-electron chi connectivity index (χ0n) is 12.6. The van der Waals surface area contributed by atoms with Crippen LogP contribution in [-0.4, -0.2) is 37.1 Å². The summed E-state index contributed by atoms with van der Waals surface area (Å²) in [4.78, 5) is 34.3. The molecule has 1 rings (SSSR count). The highest BCUT2D eigenvalue weighted by molar-refractivity contribution is 5.94. The van der Waals surface area contributed by atoms with Gasteiger partial charge < -0.3 is 14.8 Å². The van der Waals surface area contributed by atoms with Gasteiger partial charge in [0.25, 0.3) is 5.91 Å². The Morgan fingerprint density at radius 2 is 1.68 bits per heavy atom. The summed E-state index contributed by atoms with van der Waals surface area (Å²) in [5.41, 5.74) is 0.530. The minimum absolute atomic E-state index is 0.00454. The first-order chi connectivity index (χ1) is 10.5. The van der Waals surface area contributed by atoms with Gasteiger partial charge in [0.05, 0.1) is 12.6 Å². The van der Waals surface area contributed by atoms with E-state index in [4.69, 9.17) is 4.74 Å². The molecule has 1 N–H and O–H groups in total. The third-order valence-corrected chi connectivity index (χ3v) is 2.53. The molecule has 0 fully saturated rings. The van der Waals surface area contributed by atoms with Crippen LogP contribution in [0.25, 0.3) is 0 Å². The van der Waals surface area contributed by atoms with E-state index in [1.807, 2.05) is 6.07 Å². The lowest BCUT2D eigenvalue weighted by Crippen LogP contribution is -2.36. The summed E-state index contributed by atoms with van der Waals surface area (Å²) in [5, 5.41) is 2.70. The van der Waals surface area contributed by atoms with Gasteiger partial charge in [-0.3, -0.25) is 4.79 Å². The number of benzene rings is 1. The van der Waals surface area contributed by atoms with Crippen molar-refractivity contribution >= 4 is 17.8 Å². The summed E-state index contributed by atoms with van der Waals surface area (Å²) in [7, 11) is 0. The van der Waals surface area contributed by atoms with Gasteiger partial charge in [0.2, 0.25) is 0 Å². The van der Waals surface area contributed by atoms with Crippen LogP contribution < -0.4 is 5.32 Å². The normalized spacial score (nSPS) is 11.7. The molecular formula is C16H19NO5. The van der Waals surface area contributed by atoms with Gasteiger partial charge in [-0.15, -0.1) is 0 Å². The molecule has 6 heteroatoms. The van der Waals surface area contributed by atoms with Crippen LogP contribution >= 0.6 is 0 Å². The van der Waals surface area contributed by atoms with E-state index in [0.717, 1.165) is 12.2 Å². The number of hydrogen-bond acceptors (Lipinski definition) is 5. The molecule has 1 aromatic rings. The zero-order valence-corrected chi connectivity index (χ0v) is 12.6. The van der Waals surface area contributed by atoms with E-state index in [0.29, 0.717) is 5.56 Å². The summed E-state index contributed by atoms with van der Waals surface area (Å²) in [6.07, 6.45) is 1.99. The molecule has 0 saturated carbocycles. The van der Waals surface area contributed by atoms with Crippen molar-refractivity contribution in [3.8, 4) is 0 Å². The summed E-state index contributed by atoms with van der Waals surface area (Å²) >= 11 is 0. The SMILES string of the molecule is CCOC(=O)/C=C/C(=O)OCC(C)NC(=O)c1ccccc1. The van der Waals surface area contributed by atoms with Gasteiger partial charge in [0.15, 0.2) is 0 Å². The maximum Gasteiger partial charge on any atom is 0.331 e. The van der Waals surface area contributed by atoms with Crippen LogP contribution in [0.2, 0.25) is 0 Å². The number of carbonyl (C=O) groups excluding carboxylic acids is 3. The van der Waals surface area contributed by atoms with Gasteiger partial charge in [-0.05, 0) is 26.0 Å². The second-order valence-corrected chi connectivity index (χ2v) is 4.46. The molecule has 0 aromatic heterocycles. The van der Waals surface area contributed by atoms with Crippen LogP contribution in [0.3, 0.4) is 0 Å². The predicted molar refractivity (Wildman–Crippen MR) is 80.1 cm³/mol. The predicted octanol–water partition coefficient (Wildman–Crippen LogP) is 1.47. The van der Waals surface area contributed by atoms with E-state index in [-0.39, 0.29) is 25.2 Å². The number of amides is 1. The molecule has 0 heterocycles. The van der Waals surface area contributed by atoms with Gasteiger partial charge in [-0.25, -0.2) is 9.59 Å². The Morgan fingerprint density at radius 1 is 1.09 bits per heavy atom. The summed E-state index contributed by atoms with van der Waals surface area (Å²) in [5.74, 6) is -1.52. The first kappa shape index (κ1) is 17.4. The Hall–Kier alpha value is -2.63. The molecule has 1 unspecified atom stereocenters. The summed E-state index contributed by atoms with van der Waals surface area (Å²) in [6, 6.07) is 8.37. The molecule has 0 bridgehead atoms. The van der Waals surface area contributed by atoms with Gasteiger partial charge in [-0.2, -0.15) is 0 Å². The number of carbonyl (C=O) groups is 3. The zero-order chi connectivity index (χ0) is 16.4. The lowest BCUT2D eigenvalue weighted by atomic mass is 10.2. The quantitative estimate of drug-likeness (QED) is 0.609. The fraction of sp³-hybridized carbons (Fsp3) is 0.312. The van der Waals surface area contributed by atoms with Gasteiger partial charge in [0, 0.05) is 17.7 Å². The maximum absolute atomic E-state index is 11.9. The number of rotatable bonds is 7. The maximum atomic E-state index is 11.9. The number of esters is 2. The van der Waals surface area contributed by atoms with Gasteiger partial charge in [-0.1, -0.05) is 18.2 Å². The highest BCUT2D eigenvalue weighted by atomic mass is 16.5. The first-order valence-electron chi connectivity index (χ1n) is 6.90. The standard InChI is InChI=1S/C16H19NO5/c1-3-21-14(18)9-10-15(19)22-11-12(2)17-16(20)13-7-5-4-6-8-13/h4-10,12H,3,11H2,1-2H3,(H,17,20)/b10-9+. The monoisotopic (exact) mass is 305 g/mol. The molecule has 0 spiro atoms. The molecule has 1 amide bonds. The molecule has 1 aromatic carbocycles. The Balaban J connectivity index is 2.34. The van der Waals surface area contributed by atoms with Crippen molar-refractivity contribution in [1.29, 1.82) is 0 Å². The van der Waals surface area contributed by atoms with Crippen molar-refractivity contribution in [2.75, 3.05) is 13.2 Å². The fourth-order valence-corrected chi connectivity index (χ4v) is 1.52. The van der Waals surface area contributed by atoms with E-state index in [1.165, 1.54) is 0 Å². The number of ether oxygens (including phenoxy) is 2. The molecule has 6 nitrogen and oxygen atoms in total. The van der Waals surface area contributed by atoms with Crippen LogP contribution in [0.1, 0.15) is 24.2 Å². The molecule has 1 atom stereocenters. The van der Waals surface area contributed by atoms with Crippen LogP contribution in [-0.2, 0) is 19.1 Å².